The molecule has 0 radical (unpaired) electrons. The van der Waals surface area contributed by atoms with Crippen LogP contribution in [0.2, 0.25) is 0 Å². The molecule has 1 unspecified atom stereocenters. The van der Waals surface area contributed by atoms with Gasteiger partial charge in [-0.1, -0.05) is 6.07 Å². The van der Waals surface area contributed by atoms with Crippen LogP contribution in [0.3, 0.4) is 0 Å². The molecule has 2 aromatic rings. The lowest BCUT2D eigenvalue weighted by molar-refractivity contribution is -0.138. The lowest BCUT2D eigenvalue weighted by Gasteiger charge is -2.56. The summed E-state index contributed by atoms with van der Waals surface area (Å²) in [5.74, 6) is -1.34. The van der Waals surface area contributed by atoms with Gasteiger partial charge < -0.3 is 5.32 Å². The Morgan fingerprint density at radius 3 is 2.52 bits per heavy atom. The van der Waals surface area contributed by atoms with Gasteiger partial charge in [-0.15, -0.1) is 11.3 Å². The Balaban J connectivity index is 1.66. The quantitative estimate of drug-likeness (QED) is 0.744. The van der Waals surface area contributed by atoms with E-state index in [1.165, 1.54) is 12.1 Å². The third kappa shape index (κ3) is 3.02. The molecule has 0 saturated carbocycles. The van der Waals surface area contributed by atoms with Gasteiger partial charge in [-0.05, 0) is 63.2 Å². The molecule has 3 fully saturated rings. The number of carbonyl (C=O) groups is 1. The minimum atomic E-state index is -4.81. The molecule has 8 heteroatoms. The topological polar surface area (TPSA) is 32.3 Å². The SMILES string of the molecule is CC1(C)C(NC(=O)c2cc3ccc(F)c(C(F)(F)F)c3s2)C2CCN1CC2. The first kappa shape index (κ1) is 18.7. The Kier molecular flexibility index (Phi) is 4.27. The highest BCUT2D eigenvalue weighted by Crippen LogP contribution is 2.42. The number of benzene rings is 1. The molecule has 3 aliphatic rings. The van der Waals surface area contributed by atoms with E-state index in [0.29, 0.717) is 17.3 Å². The van der Waals surface area contributed by atoms with Crippen LogP contribution in [-0.4, -0.2) is 35.5 Å². The van der Waals surface area contributed by atoms with E-state index in [9.17, 15) is 22.4 Å². The summed E-state index contributed by atoms with van der Waals surface area (Å²) in [5, 5.41) is 3.27. The number of amides is 1. The second-order valence-corrected chi connectivity index (χ2v) is 8.93. The first-order chi connectivity index (χ1) is 12.6. The summed E-state index contributed by atoms with van der Waals surface area (Å²) < 4.78 is 53.2. The molecule has 5 rings (SSSR count). The molecule has 1 N–H and O–H groups in total. The van der Waals surface area contributed by atoms with Crippen molar-refractivity contribution in [1.29, 1.82) is 0 Å². The highest BCUT2D eigenvalue weighted by atomic mass is 32.1. The van der Waals surface area contributed by atoms with Crippen molar-refractivity contribution < 1.29 is 22.4 Å². The normalized spacial score (nSPS) is 27.1. The Bertz CT molecular complexity index is 897. The maximum atomic E-state index is 13.8. The largest absolute Gasteiger partial charge is 0.420 e. The first-order valence-electron chi connectivity index (χ1n) is 8.94. The summed E-state index contributed by atoms with van der Waals surface area (Å²) in [7, 11) is 0. The molecule has 0 spiro atoms. The zero-order valence-electron chi connectivity index (χ0n) is 15.0. The average Bonchev–Trinajstić information content (AvgIpc) is 3.01. The monoisotopic (exact) mass is 400 g/mol. The van der Waals surface area contributed by atoms with Crippen LogP contribution in [0.25, 0.3) is 10.1 Å². The van der Waals surface area contributed by atoms with Gasteiger partial charge in [0.1, 0.15) is 11.4 Å². The van der Waals surface area contributed by atoms with Crippen LogP contribution in [-0.2, 0) is 6.18 Å². The van der Waals surface area contributed by atoms with E-state index < -0.39 is 23.5 Å². The number of halogens is 4. The van der Waals surface area contributed by atoms with Gasteiger partial charge in [0.2, 0.25) is 0 Å². The summed E-state index contributed by atoms with van der Waals surface area (Å²) in [5.41, 5.74) is -1.50. The van der Waals surface area contributed by atoms with Crippen molar-refractivity contribution >= 4 is 27.3 Å². The maximum Gasteiger partial charge on any atom is 0.420 e. The highest BCUT2D eigenvalue weighted by Gasteiger charge is 2.48. The molecule has 1 atom stereocenters. The highest BCUT2D eigenvalue weighted by molar-refractivity contribution is 7.21. The number of nitrogens with zero attached hydrogens (tertiary/aromatic N) is 1. The van der Waals surface area contributed by atoms with Crippen LogP contribution in [0.4, 0.5) is 17.6 Å². The Labute approximate surface area is 158 Å². The van der Waals surface area contributed by atoms with Gasteiger partial charge in [-0.2, -0.15) is 13.2 Å². The number of carbonyl (C=O) groups excluding carboxylic acids is 1. The van der Waals surface area contributed by atoms with Gasteiger partial charge in [0, 0.05) is 11.6 Å². The molecule has 3 aliphatic heterocycles. The molecular weight excluding hydrogens is 380 g/mol. The number of piperidine rings is 3. The van der Waals surface area contributed by atoms with Crippen LogP contribution in [0.1, 0.15) is 41.9 Å². The minimum absolute atomic E-state index is 0.0588. The fourth-order valence-corrected chi connectivity index (χ4v) is 5.66. The van der Waals surface area contributed by atoms with Crippen molar-refractivity contribution in [3.05, 3.63) is 34.5 Å². The van der Waals surface area contributed by atoms with E-state index in [-0.39, 0.29) is 26.5 Å². The fraction of sp³-hybridized carbons (Fsp3) is 0.526. The van der Waals surface area contributed by atoms with E-state index in [1.54, 1.807) is 0 Å². The molecule has 3 saturated heterocycles. The van der Waals surface area contributed by atoms with Crippen molar-refractivity contribution in [2.24, 2.45) is 5.92 Å². The summed E-state index contributed by atoms with van der Waals surface area (Å²) in [6.07, 6.45) is -2.80. The lowest BCUT2D eigenvalue weighted by atomic mass is 9.72. The number of hydrogen-bond acceptors (Lipinski definition) is 3. The van der Waals surface area contributed by atoms with Crippen LogP contribution in [0, 0.1) is 11.7 Å². The van der Waals surface area contributed by atoms with E-state index >= 15 is 0 Å². The number of rotatable bonds is 2. The van der Waals surface area contributed by atoms with Crippen molar-refractivity contribution in [3.8, 4) is 0 Å². The minimum Gasteiger partial charge on any atom is -0.346 e. The van der Waals surface area contributed by atoms with Gasteiger partial charge in [-0.3, -0.25) is 9.69 Å². The summed E-state index contributed by atoms with van der Waals surface area (Å²) in [4.78, 5) is 15.3. The van der Waals surface area contributed by atoms with Crippen LogP contribution in [0.15, 0.2) is 18.2 Å². The zero-order chi connectivity index (χ0) is 19.6. The van der Waals surface area contributed by atoms with Crippen molar-refractivity contribution in [2.45, 2.75) is 44.4 Å². The fourth-order valence-electron chi connectivity index (χ4n) is 4.54. The van der Waals surface area contributed by atoms with Crippen LogP contribution < -0.4 is 5.32 Å². The third-order valence-corrected chi connectivity index (χ3v) is 7.18. The maximum absolute atomic E-state index is 13.8. The molecule has 1 aromatic heterocycles. The molecule has 2 bridgehead atoms. The number of nitrogens with one attached hydrogen (secondary N) is 1. The Morgan fingerprint density at radius 1 is 1.26 bits per heavy atom. The second kappa shape index (κ2) is 6.17. The number of alkyl halides is 3. The van der Waals surface area contributed by atoms with Crippen LogP contribution >= 0.6 is 11.3 Å². The van der Waals surface area contributed by atoms with E-state index in [2.05, 4.69) is 24.1 Å². The molecule has 4 heterocycles. The molecule has 1 amide bonds. The van der Waals surface area contributed by atoms with E-state index in [4.69, 9.17) is 0 Å². The smallest absolute Gasteiger partial charge is 0.346 e. The van der Waals surface area contributed by atoms with Gasteiger partial charge in [0.25, 0.3) is 5.91 Å². The molecular formula is C19H20F4N2OS. The molecule has 1 aromatic carbocycles. The third-order valence-electron chi connectivity index (χ3n) is 6.02. The van der Waals surface area contributed by atoms with Crippen molar-refractivity contribution in [2.75, 3.05) is 13.1 Å². The second-order valence-electron chi connectivity index (χ2n) is 7.88. The van der Waals surface area contributed by atoms with Gasteiger partial charge in [0.15, 0.2) is 0 Å². The summed E-state index contributed by atoms with van der Waals surface area (Å²) in [6.45, 7) is 6.18. The average molecular weight is 400 g/mol. The molecule has 146 valence electrons. The number of thiophene rings is 1. The Hall–Kier alpha value is -1.67. The van der Waals surface area contributed by atoms with E-state index in [0.717, 1.165) is 32.0 Å². The van der Waals surface area contributed by atoms with Crippen molar-refractivity contribution in [3.63, 3.8) is 0 Å². The lowest BCUT2D eigenvalue weighted by Crippen LogP contribution is -2.69. The molecule has 0 aliphatic carbocycles. The molecule has 3 nitrogen and oxygen atoms in total. The standard InChI is InChI=1S/C19H20F4N2OS/c1-18(2)16(10-5-7-25(18)8-6-10)24-17(26)13-9-11-3-4-12(20)14(15(11)27-13)19(21,22)23/h3-4,9-10,16H,5-8H2,1-2H3,(H,24,26). The zero-order valence-corrected chi connectivity index (χ0v) is 15.8. The number of hydrogen-bond donors (Lipinski definition) is 1. The van der Waals surface area contributed by atoms with Gasteiger partial charge in [-0.25, -0.2) is 4.39 Å². The first-order valence-corrected chi connectivity index (χ1v) is 9.76. The van der Waals surface area contributed by atoms with E-state index in [1.807, 2.05) is 0 Å². The Morgan fingerprint density at radius 2 is 1.93 bits per heavy atom. The number of fused-ring (bicyclic) bond motifs is 4. The van der Waals surface area contributed by atoms with Gasteiger partial charge in [0.05, 0.1) is 9.58 Å². The summed E-state index contributed by atoms with van der Waals surface area (Å²) >= 11 is 0.696. The predicted molar refractivity (Wildman–Crippen MR) is 96.4 cm³/mol. The van der Waals surface area contributed by atoms with Crippen molar-refractivity contribution in [1.82, 2.24) is 10.2 Å². The van der Waals surface area contributed by atoms with Gasteiger partial charge >= 0.3 is 6.18 Å². The van der Waals surface area contributed by atoms with Crippen LogP contribution in [0.5, 0.6) is 0 Å². The predicted octanol–water partition coefficient (Wildman–Crippen LogP) is 4.66. The molecule has 27 heavy (non-hydrogen) atoms. The summed E-state index contributed by atoms with van der Waals surface area (Å²) in [6, 6.07) is 3.44.